The van der Waals surface area contributed by atoms with Gasteiger partial charge in [-0.25, -0.2) is 4.98 Å². The summed E-state index contributed by atoms with van der Waals surface area (Å²) in [5, 5.41) is 7.07. The number of hydrogen-bond donors (Lipinski definition) is 2. The minimum atomic E-state index is -0.100. The number of carbonyl (C=O) groups excluding carboxylic acids is 1. The van der Waals surface area contributed by atoms with Crippen LogP contribution in [0.2, 0.25) is 0 Å². The molecule has 6 heteroatoms. The summed E-state index contributed by atoms with van der Waals surface area (Å²) in [6, 6.07) is 14.9. The molecule has 0 spiro atoms. The van der Waals surface area contributed by atoms with Gasteiger partial charge in [-0.2, -0.15) is 0 Å². The molecule has 146 valence electrons. The SMILES string of the molecule is CCCCNC(=O)c1cc(Nc2ccc(OC)cc2OC)nc2ccccc12. The van der Waals surface area contributed by atoms with Gasteiger partial charge >= 0.3 is 0 Å². The zero-order valence-corrected chi connectivity index (χ0v) is 16.4. The molecule has 1 amide bonds. The Morgan fingerprint density at radius 2 is 1.89 bits per heavy atom. The number of benzene rings is 2. The van der Waals surface area contributed by atoms with Crippen LogP contribution in [-0.4, -0.2) is 31.7 Å². The molecular formula is C22H25N3O3. The van der Waals surface area contributed by atoms with Crippen molar-refractivity contribution < 1.29 is 14.3 Å². The first-order valence-electron chi connectivity index (χ1n) is 9.33. The number of para-hydroxylation sites is 1. The molecule has 0 saturated heterocycles. The highest BCUT2D eigenvalue weighted by Crippen LogP contribution is 2.32. The van der Waals surface area contributed by atoms with Gasteiger partial charge in [0.2, 0.25) is 0 Å². The monoisotopic (exact) mass is 379 g/mol. The summed E-state index contributed by atoms with van der Waals surface area (Å²) in [5.41, 5.74) is 2.08. The Balaban J connectivity index is 1.97. The van der Waals surface area contributed by atoms with Gasteiger partial charge in [0.1, 0.15) is 17.3 Å². The summed E-state index contributed by atoms with van der Waals surface area (Å²) >= 11 is 0. The predicted octanol–water partition coefficient (Wildman–Crippen LogP) is 4.53. The van der Waals surface area contributed by atoms with Crippen LogP contribution in [0.1, 0.15) is 30.1 Å². The van der Waals surface area contributed by atoms with Crippen LogP contribution in [0.4, 0.5) is 11.5 Å². The van der Waals surface area contributed by atoms with E-state index in [1.165, 1.54) is 0 Å². The van der Waals surface area contributed by atoms with Crippen LogP contribution < -0.4 is 20.1 Å². The second-order valence-corrected chi connectivity index (χ2v) is 6.37. The molecule has 0 aliphatic carbocycles. The molecule has 28 heavy (non-hydrogen) atoms. The van der Waals surface area contributed by atoms with Gasteiger partial charge in [0.15, 0.2) is 0 Å². The second kappa shape index (κ2) is 9.08. The molecule has 0 radical (unpaired) electrons. The number of unbranched alkanes of at least 4 members (excludes halogenated alkanes) is 1. The third-order valence-electron chi connectivity index (χ3n) is 4.45. The highest BCUT2D eigenvalue weighted by Gasteiger charge is 2.14. The molecule has 0 unspecified atom stereocenters. The standard InChI is InChI=1S/C22H25N3O3/c1-4-5-12-23-22(26)17-14-21(24-18-9-7-6-8-16(17)18)25-19-11-10-15(27-2)13-20(19)28-3/h6-11,13-14H,4-5,12H2,1-3H3,(H,23,26)(H,24,25). The lowest BCUT2D eigenvalue weighted by molar-refractivity contribution is 0.0955. The molecule has 0 bridgehead atoms. The average molecular weight is 379 g/mol. The number of aromatic nitrogens is 1. The number of nitrogens with one attached hydrogen (secondary N) is 2. The van der Waals surface area contributed by atoms with E-state index in [0.29, 0.717) is 29.4 Å². The lowest BCUT2D eigenvalue weighted by Gasteiger charge is -2.14. The molecule has 0 atom stereocenters. The number of rotatable bonds is 8. The lowest BCUT2D eigenvalue weighted by Crippen LogP contribution is -2.24. The number of nitrogens with zero attached hydrogens (tertiary/aromatic N) is 1. The number of anilines is 2. The van der Waals surface area contributed by atoms with E-state index >= 15 is 0 Å². The molecule has 0 fully saturated rings. The Morgan fingerprint density at radius 1 is 1.07 bits per heavy atom. The van der Waals surface area contributed by atoms with Crippen LogP contribution >= 0.6 is 0 Å². The third-order valence-corrected chi connectivity index (χ3v) is 4.45. The fraction of sp³-hybridized carbons (Fsp3) is 0.273. The van der Waals surface area contributed by atoms with Crippen LogP contribution in [0, 0.1) is 0 Å². The van der Waals surface area contributed by atoms with Crippen LogP contribution in [0.5, 0.6) is 11.5 Å². The fourth-order valence-corrected chi connectivity index (χ4v) is 2.94. The van der Waals surface area contributed by atoms with Crippen LogP contribution in [0.15, 0.2) is 48.5 Å². The van der Waals surface area contributed by atoms with E-state index in [0.717, 1.165) is 29.4 Å². The molecular weight excluding hydrogens is 354 g/mol. The molecule has 0 saturated carbocycles. The van der Waals surface area contributed by atoms with Crippen LogP contribution in [0.3, 0.4) is 0 Å². The first-order valence-corrected chi connectivity index (χ1v) is 9.33. The minimum Gasteiger partial charge on any atom is -0.497 e. The highest BCUT2D eigenvalue weighted by atomic mass is 16.5. The quantitative estimate of drug-likeness (QED) is 0.563. The summed E-state index contributed by atoms with van der Waals surface area (Å²) in [5.74, 6) is 1.80. The van der Waals surface area contributed by atoms with Gasteiger partial charge in [0.05, 0.1) is 31.0 Å². The molecule has 1 heterocycles. The first-order chi connectivity index (χ1) is 13.7. The summed E-state index contributed by atoms with van der Waals surface area (Å²) in [6.07, 6.45) is 1.98. The topological polar surface area (TPSA) is 72.5 Å². The van der Waals surface area contributed by atoms with E-state index < -0.39 is 0 Å². The van der Waals surface area contributed by atoms with Gasteiger partial charge < -0.3 is 20.1 Å². The van der Waals surface area contributed by atoms with Crippen molar-refractivity contribution in [3.63, 3.8) is 0 Å². The Kier molecular flexibility index (Phi) is 6.32. The normalized spacial score (nSPS) is 10.5. The van der Waals surface area contributed by atoms with Gasteiger partial charge in [-0.3, -0.25) is 4.79 Å². The van der Waals surface area contributed by atoms with Crippen molar-refractivity contribution in [1.29, 1.82) is 0 Å². The average Bonchev–Trinajstić information content (AvgIpc) is 2.73. The number of amides is 1. The third kappa shape index (κ3) is 4.34. The molecule has 6 nitrogen and oxygen atoms in total. The van der Waals surface area contributed by atoms with Crippen molar-refractivity contribution in [2.75, 3.05) is 26.1 Å². The van der Waals surface area contributed by atoms with E-state index in [4.69, 9.17) is 9.47 Å². The van der Waals surface area contributed by atoms with Crippen LogP contribution in [-0.2, 0) is 0 Å². The molecule has 3 rings (SSSR count). The maximum absolute atomic E-state index is 12.7. The second-order valence-electron chi connectivity index (χ2n) is 6.37. The maximum atomic E-state index is 12.7. The summed E-state index contributed by atoms with van der Waals surface area (Å²) in [4.78, 5) is 17.4. The summed E-state index contributed by atoms with van der Waals surface area (Å²) in [7, 11) is 3.20. The Morgan fingerprint density at radius 3 is 2.64 bits per heavy atom. The minimum absolute atomic E-state index is 0.100. The van der Waals surface area contributed by atoms with Gasteiger partial charge in [-0.1, -0.05) is 31.5 Å². The van der Waals surface area contributed by atoms with Gasteiger partial charge in [0, 0.05) is 18.0 Å². The van der Waals surface area contributed by atoms with E-state index in [2.05, 4.69) is 22.5 Å². The summed E-state index contributed by atoms with van der Waals surface area (Å²) < 4.78 is 10.7. The van der Waals surface area contributed by atoms with E-state index in [1.807, 2.05) is 36.4 Å². The molecule has 2 N–H and O–H groups in total. The number of fused-ring (bicyclic) bond motifs is 1. The smallest absolute Gasteiger partial charge is 0.252 e. The van der Waals surface area contributed by atoms with E-state index in [-0.39, 0.29) is 5.91 Å². The Hall–Kier alpha value is -3.28. The Bertz CT molecular complexity index is 972. The zero-order valence-electron chi connectivity index (χ0n) is 16.4. The van der Waals surface area contributed by atoms with Crippen molar-refractivity contribution in [2.45, 2.75) is 19.8 Å². The number of methoxy groups -OCH3 is 2. The van der Waals surface area contributed by atoms with Crippen molar-refractivity contribution in [2.24, 2.45) is 0 Å². The number of pyridine rings is 1. The predicted molar refractivity (Wildman–Crippen MR) is 112 cm³/mol. The number of ether oxygens (including phenoxy) is 2. The maximum Gasteiger partial charge on any atom is 0.252 e. The van der Waals surface area contributed by atoms with Gasteiger partial charge in [0.25, 0.3) is 5.91 Å². The van der Waals surface area contributed by atoms with Crippen molar-refractivity contribution in [3.8, 4) is 11.5 Å². The van der Waals surface area contributed by atoms with Crippen molar-refractivity contribution in [1.82, 2.24) is 10.3 Å². The van der Waals surface area contributed by atoms with Gasteiger partial charge in [-0.15, -0.1) is 0 Å². The molecule has 0 aliphatic rings. The van der Waals surface area contributed by atoms with Crippen molar-refractivity contribution >= 4 is 28.3 Å². The lowest BCUT2D eigenvalue weighted by atomic mass is 10.1. The van der Waals surface area contributed by atoms with Crippen LogP contribution in [0.25, 0.3) is 10.9 Å². The van der Waals surface area contributed by atoms with E-state index in [9.17, 15) is 4.79 Å². The van der Waals surface area contributed by atoms with Gasteiger partial charge in [-0.05, 0) is 30.7 Å². The van der Waals surface area contributed by atoms with Crippen molar-refractivity contribution in [3.05, 3.63) is 54.1 Å². The van der Waals surface area contributed by atoms with E-state index in [1.54, 1.807) is 26.4 Å². The fourth-order valence-electron chi connectivity index (χ4n) is 2.94. The highest BCUT2D eigenvalue weighted by molar-refractivity contribution is 6.07. The number of hydrogen-bond acceptors (Lipinski definition) is 5. The molecule has 1 aromatic heterocycles. The molecule has 2 aromatic carbocycles. The largest absolute Gasteiger partial charge is 0.497 e. The molecule has 0 aliphatic heterocycles. The Labute approximate surface area is 164 Å². The first kappa shape index (κ1) is 19.5. The zero-order chi connectivity index (χ0) is 19.9. The molecule has 3 aromatic rings. The number of carbonyl (C=O) groups is 1. The summed E-state index contributed by atoms with van der Waals surface area (Å²) in [6.45, 7) is 2.75.